The average molecular weight is 388 g/mol. The third-order valence-electron chi connectivity index (χ3n) is 4.31. The van der Waals surface area contributed by atoms with Crippen LogP contribution in [-0.4, -0.2) is 51.3 Å². The Morgan fingerprint density at radius 2 is 2.04 bits per heavy atom. The number of nitrogens with zero attached hydrogens (tertiary/aromatic N) is 2. The maximum atomic E-state index is 13.0. The summed E-state index contributed by atoms with van der Waals surface area (Å²) in [5.74, 6) is 1.57. The summed E-state index contributed by atoms with van der Waals surface area (Å²) in [4.78, 5) is 20.7. The maximum absolute atomic E-state index is 13.0. The molecule has 0 bridgehead atoms. The van der Waals surface area contributed by atoms with Crippen LogP contribution in [0.2, 0.25) is 0 Å². The van der Waals surface area contributed by atoms with Gasteiger partial charge in [-0.15, -0.1) is 0 Å². The Hall–Kier alpha value is -2.58. The topological polar surface area (TPSA) is 69.2 Å². The lowest BCUT2D eigenvalue weighted by Crippen LogP contribution is -3.05. The molecular formula is C19H22N3O4S+. The highest BCUT2D eigenvalue weighted by Crippen LogP contribution is 2.39. The molecule has 8 heteroatoms. The number of fused-ring (bicyclic) bond motifs is 2. The van der Waals surface area contributed by atoms with Gasteiger partial charge in [0.15, 0.2) is 22.4 Å². The Bertz CT molecular complexity index is 893. The highest BCUT2D eigenvalue weighted by atomic mass is 32.1. The number of carbonyl (C=O) groups excluding carboxylic acids is 1. The molecule has 4 rings (SSSR count). The van der Waals surface area contributed by atoms with Gasteiger partial charge in [-0.1, -0.05) is 11.3 Å². The molecule has 142 valence electrons. The molecule has 0 fully saturated rings. The Morgan fingerprint density at radius 1 is 1.26 bits per heavy atom. The molecule has 0 radical (unpaired) electrons. The Morgan fingerprint density at radius 3 is 2.74 bits per heavy atom. The second-order valence-corrected chi connectivity index (χ2v) is 7.71. The van der Waals surface area contributed by atoms with Crippen molar-refractivity contribution in [1.82, 2.24) is 4.98 Å². The van der Waals surface area contributed by atoms with Crippen LogP contribution in [0.1, 0.15) is 17.0 Å². The molecule has 0 atom stereocenters. The van der Waals surface area contributed by atoms with Gasteiger partial charge >= 0.3 is 0 Å². The predicted octanol–water partition coefficient (Wildman–Crippen LogP) is 1.84. The average Bonchev–Trinajstić information content (AvgIpc) is 3.32. The van der Waals surface area contributed by atoms with Gasteiger partial charge in [0.2, 0.25) is 0 Å². The van der Waals surface area contributed by atoms with Gasteiger partial charge in [-0.25, -0.2) is 4.98 Å². The Kier molecular flexibility index (Phi) is 5.00. The van der Waals surface area contributed by atoms with E-state index in [9.17, 15) is 4.79 Å². The fourth-order valence-electron chi connectivity index (χ4n) is 2.98. The minimum absolute atomic E-state index is 0.176. The molecular weight excluding hydrogens is 366 g/mol. The summed E-state index contributed by atoms with van der Waals surface area (Å²) in [6.07, 6.45) is 2.38. The largest absolute Gasteiger partial charge is 0.486 e. The molecule has 27 heavy (non-hydrogen) atoms. The van der Waals surface area contributed by atoms with E-state index in [4.69, 9.17) is 13.9 Å². The highest BCUT2D eigenvalue weighted by molar-refractivity contribution is 7.22. The normalized spacial score (nSPS) is 13.3. The van der Waals surface area contributed by atoms with E-state index in [0.29, 0.717) is 36.4 Å². The first-order valence-corrected chi connectivity index (χ1v) is 9.78. The van der Waals surface area contributed by atoms with E-state index in [1.54, 1.807) is 17.0 Å². The van der Waals surface area contributed by atoms with E-state index < -0.39 is 0 Å². The molecule has 0 aliphatic carbocycles. The van der Waals surface area contributed by atoms with Crippen molar-refractivity contribution >= 4 is 32.6 Å². The fraction of sp³-hybridized carbons (Fsp3) is 0.368. The molecule has 0 spiro atoms. The van der Waals surface area contributed by atoms with Crippen molar-refractivity contribution < 1.29 is 23.6 Å². The van der Waals surface area contributed by atoms with Gasteiger partial charge in [0.25, 0.3) is 5.91 Å². The number of anilines is 1. The summed E-state index contributed by atoms with van der Waals surface area (Å²) in [5, 5.41) is 0.655. The first kappa shape index (κ1) is 17.8. The number of hydrogen-bond donors (Lipinski definition) is 1. The van der Waals surface area contributed by atoms with E-state index >= 15 is 0 Å². The van der Waals surface area contributed by atoms with Crippen LogP contribution < -0.4 is 19.3 Å². The number of amides is 1. The van der Waals surface area contributed by atoms with Crippen molar-refractivity contribution in [1.29, 1.82) is 0 Å². The minimum atomic E-state index is -0.176. The lowest BCUT2D eigenvalue weighted by atomic mass is 10.3. The lowest BCUT2D eigenvalue weighted by Gasteiger charge is -2.19. The molecule has 0 saturated heterocycles. The first-order chi connectivity index (χ1) is 13.1. The number of quaternary nitrogens is 1. The van der Waals surface area contributed by atoms with Gasteiger partial charge in [0, 0.05) is 25.1 Å². The molecule has 1 N–H and O–H groups in total. The highest BCUT2D eigenvalue weighted by Gasteiger charge is 2.24. The summed E-state index contributed by atoms with van der Waals surface area (Å²) < 4.78 is 17.6. The van der Waals surface area contributed by atoms with Crippen molar-refractivity contribution in [3.63, 3.8) is 0 Å². The summed E-state index contributed by atoms with van der Waals surface area (Å²) in [6.45, 7) is 2.62. The van der Waals surface area contributed by atoms with E-state index in [1.807, 2.05) is 12.1 Å². The van der Waals surface area contributed by atoms with E-state index in [2.05, 4.69) is 19.1 Å². The second kappa shape index (κ2) is 7.58. The van der Waals surface area contributed by atoms with Crippen molar-refractivity contribution in [3.05, 3.63) is 36.3 Å². The van der Waals surface area contributed by atoms with E-state index in [1.165, 1.54) is 22.5 Å². The number of ether oxygens (including phenoxy) is 2. The molecule has 7 nitrogen and oxygen atoms in total. The fourth-order valence-corrected chi connectivity index (χ4v) is 3.98. The summed E-state index contributed by atoms with van der Waals surface area (Å²) in [7, 11) is 4.20. The smallest absolute Gasteiger partial charge is 0.295 e. The number of furan rings is 1. The van der Waals surface area contributed by atoms with Crippen LogP contribution in [0.3, 0.4) is 0 Å². The van der Waals surface area contributed by atoms with Gasteiger partial charge in [0.05, 0.1) is 37.1 Å². The number of thiazole rings is 1. The standard InChI is InChI=1S/C19H21N3O4S/c1-21(2)6-4-7-22(18(23)14-5-3-8-24-14)19-20-13-11-15-16(12-17(13)27-19)26-10-9-25-15/h3,5,8,11-12H,4,6-7,9-10H2,1-2H3/p+1. The third-order valence-corrected chi connectivity index (χ3v) is 5.35. The molecule has 2 aromatic heterocycles. The molecule has 0 saturated carbocycles. The van der Waals surface area contributed by atoms with Gasteiger partial charge in [-0.2, -0.15) is 0 Å². The molecule has 3 aromatic rings. The van der Waals surface area contributed by atoms with E-state index in [-0.39, 0.29) is 5.91 Å². The van der Waals surface area contributed by atoms with Crippen LogP contribution in [0, 0.1) is 0 Å². The zero-order valence-corrected chi connectivity index (χ0v) is 16.2. The van der Waals surface area contributed by atoms with E-state index in [0.717, 1.165) is 28.9 Å². The number of benzene rings is 1. The SMILES string of the molecule is C[NH+](C)CCCN(C(=O)c1ccco1)c1nc2cc3c(cc2s1)OCCO3. The first-order valence-electron chi connectivity index (χ1n) is 8.96. The third kappa shape index (κ3) is 3.77. The van der Waals surface area contributed by atoms with Gasteiger partial charge in [0.1, 0.15) is 13.2 Å². The summed E-state index contributed by atoms with van der Waals surface area (Å²) in [5.41, 5.74) is 0.801. The minimum Gasteiger partial charge on any atom is -0.486 e. The Labute approximate surface area is 161 Å². The lowest BCUT2D eigenvalue weighted by molar-refractivity contribution is -0.858. The summed E-state index contributed by atoms with van der Waals surface area (Å²) >= 11 is 1.47. The van der Waals surface area contributed by atoms with Crippen molar-refractivity contribution in [2.75, 3.05) is 45.3 Å². The van der Waals surface area contributed by atoms with Crippen LogP contribution in [0.5, 0.6) is 11.5 Å². The quantitative estimate of drug-likeness (QED) is 0.698. The second-order valence-electron chi connectivity index (χ2n) is 6.70. The predicted molar refractivity (Wildman–Crippen MR) is 103 cm³/mol. The zero-order chi connectivity index (χ0) is 18.8. The van der Waals surface area contributed by atoms with Crippen LogP contribution in [-0.2, 0) is 0 Å². The van der Waals surface area contributed by atoms with Crippen LogP contribution in [0.15, 0.2) is 34.9 Å². The zero-order valence-electron chi connectivity index (χ0n) is 15.4. The van der Waals surface area contributed by atoms with Crippen molar-refractivity contribution in [3.8, 4) is 11.5 Å². The van der Waals surface area contributed by atoms with Gasteiger partial charge in [-0.05, 0) is 12.1 Å². The molecule has 1 aliphatic rings. The maximum Gasteiger partial charge on any atom is 0.295 e. The van der Waals surface area contributed by atoms with Gasteiger partial charge in [-0.3, -0.25) is 9.69 Å². The molecule has 1 amide bonds. The molecule has 1 aliphatic heterocycles. The number of carbonyl (C=O) groups is 1. The van der Waals surface area contributed by atoms with Gasteiger partial charge < -0.3 is 18.8 Å². The number of nitrogens with one attached hydrogen (secondary N) is 1. The van der Waals surface area contributed by atoms with Crippen LogP contribution >= 0.6 is 11.3 Å². The molecule has 0 unspecified atom stereocenters. The van der Waals surface area contributed by atoms with Crippen LogP contribution in [0.25, 0.3) is 10.2 Å². The van der Waals surface area contributed by atoms with Crippen LogP contribution in [0.4, 0.5) is 5.13 Å². The summed E-state index contributed by atoms with van der Waals surface area (Å²) in [6, 6.07) is 7.21. The monoisotopic (exact) mass is 388 g/mol. The molecule has 3 heterocycles. The molecule has 1 aromatic carbocycles. The number of hydrogen-bond acceptors (Lipinski definition) is 6. The number of rotatable bonds is 6. The number of aromatic nitrogens is 1. The van der Waals surface area contributed by atoms with Crippen molar-refractivity contribution in [2.45, 2.75) is 6.42 Å². The Balaban J connectivity index is 1.66. The van der Waals surface area contributed by atoms with Crippen molar-refractivity contribution in [2.24, 2.45) is 0 Å².